The van der Waals surface area contributed by atoms with E-state index in [4.69, 9.17) is 4.74 Å². The monoisotopic (exact) mass is 363 g/mol. The van der Waals surface area contributed by atoms with Crippen LogP contribution in [0.4, 0.5) is 10.5 Å². The number of hydrogen-bond donors (Lipinski definition) is 3. The van der Waals surface area contributed by atoms with Crippen LogP contribution >= 0.6 is 0 Å². The molecule has 0 bridgehead atoms. The molecule has 0 unspecified atom stereocenters. The first-order chi connectivity index (χ1) is 12.2. The third-order valence-electron chi connectivity index (χ3n) is 3.47. The molecule has 1 aromatic carbocycles. The predicted octanol–water partition coefficient (Wildman–Crippen LogP) is 1.98. The molecule has 0 aliphatic carbocycles. The summed E-state index contributed by atoms with van der Waals surface area (Å²) in [6.45, 7) is 7.32. The third kappa shape index (κ3) is 9.15. The fourth-order valence-electron chi connectivity index (χ4n) is 2.17. The molecule has 0 aromatic heterocycles. The smallest absolute Gasteiger partial charge is 0.407 e. The first-order valence-corrected chi connectivity index (χ1v) is 8.89. The maximum absolute atomic E-state index is 11.6. The van der Waals surface area contributed by atoms with Crippen molar-refractivity contribution >= 4 is 17.7 Å². The van der Waals surface area contributed by atoms with E-state index in [1.165, 1.54) is 11.3 Å². The van der Waals surface area contributed by atoms with Gasteiger partial charge in [-0.25, -0.2) is 4.79 Å². The third-order valence-corrected chi connectivity index (χ3v) is 3.47. The van der Waals surface area contributed by atoms with Crippen molar-refractivity contribution in [1.82, 2.24) is 16.0 Å². The van der Waals surface area contributed by atoms with Crippen LogP contribution in [-0.4, -0.2) is 58.4 Å². The second-order valence-corrected chi connectivity index (χ2v) is 7.17. The highest BCUT2D eigenvalue weighted by Gasteiger charge is 2.15. The Hall–Kier alpha value is -2.44. The second-order valence-electron chi connectivity index (χ2n) is 7.17. The molecule has 0 fully saturated rings. The number of hydrogen-bond acceptors (Lipinski definition) is 4. The molecular weight excluding hydrogens is 330 g/mol. The molecule has 0 spiro atoms. The molecule has 7 heteroatoms. The number of nitrogens with zero attached hydrogens (tertiary/aromatic N) is 2. The maximum Gasteiger partial charge on any atom is 0.407 e. The van der Waals surface area contributed by atoms with E-state index >= 15 is 0 Å². The van der Waals surface area contributed by atoms with Crippen molar-refractivity contribution in [1.29, 1.82) is 0 Å². The van der Waals surface area contributed by atoms with Gasteiger partial charge in [0, 0.05) is 46.5 Å². The molecule has 0 heterocycles. The summed E-state index contributed by atoms with van der Waals surface area (Å²) >= 11 is 0. The Morgan fingerprint density at radius 3 is 2.15 bits per heavy atom. The van der Waals surface area contributed by atoms with Gasteiger partial charge in [0.1, 0.15) is 5.60 Å². The highest BCUT2D eigenvalue weighted by atomic mass is 16.6. The van der Waals surface area contributed by atoms with Gasteiger partial charge in [-0.1, -0.05) is 12.1 Å². The Bertz CT molecular complexity index is 577. The van der Waals surface area contributed by atoms with Crippen LogP contribution in [0.1, 0.15) is 26.3 Å². The van der Waals surface area contributed by atoms with Crippen LogP contribution in [0.3, 0.4) is 0 Å². The van der Waals surface area contributed by atoms with Crippen LogP contribution in [0, 0.1) is 0 Å². The maximum atomic E-state index is 11.6. The van der Waals surface area contributed by atoms with Gasteiger partial charge in [0.15, 0.2) is 5.96 Å². The lowest BCUT2D eigenvalue weighted by Crippen LogP contribution is -2.42. The zero-order valence-electron chi connectivity index (χ0n) is 16.8. The standard InChI is InChI=1S/C19H33N5O2/c1-19(2,3)26-18(25)23-14-13-22-17(20-4)21-12-11-15-7-9-16(10-8-15)24(5)6/h7-10H,11-14H2,1-6H3,(H,23,25)(H2,20,21,22). The molecule has 0 saturated carbocycles. The quantitative estimate of drug-likeness (QED) is 0.392. The highest BCUT2D eigenvalue weighted by molar-refractivity contribution is 5.79. The van der Waals surface area contributed by atoms with E-state index < -0.39 is 11.7 Å². The van der Waals surface area contributed by atoms with Crippen LogP contribution in [0.25, 0.3) is 0 Å². The van der Waals surface area contributed by atoms with E-state index in [1.807, 2.05) is 34.9 Å². The Morgan fingerprint density at radius 2 is 1.62 bits per heavy atom. The van der Waals surface area contributed by atoms with E-state index in [1.54, 1.807) is 7.05 Å². The predicted molar refractivity (Wildman–Crippen MR) is 108 cm³/mol. The van der Waals surface area contributed by atoms with Gasteiger partial charge in [0.05, 0.1) is 0 Å². The number of guanidine groups is 1. The van der Waals surface area contributed by atoms with Crippen LogP contribution in [-0.2, 0) is 11.2 Å². The topological polar surface area (TPSA) is 78.0 Å². The van der Waals surface area contributed by atoms with Gasteiger partial charge < -0.3 is 25.6 Å². The SMILES string of the molecule is CN=C(NCCNC(=O)OC(C)(C)C)NCCc1ccc(N(C)C)cc1. The minimum Gasteiger partial charge on any atom is -0.444 e. The summed E-state index contributed by atoms with van der Waals surface area (Å²) in [5.74, 6) is 0.709. The normalized spacial score (nSPS) is 11.7. The molecule has 1 amide bonds. The van der Waals surface area contributed by atoms with Crippen molar-refractivity contribution < 1.29 is 9.53 Å². The first kappa shape index (κ1) is 21.6. The van der Waals surface area contributed by atoms with Crippen molar-refractivity contribution in [2.24, 2.45) is 4.99 Å². The van der Waals surface area contributed by atoms with Crippen molar-refractivity contribution in [3.05, 3.63) is 29.8 Å². The largest absolute Gasteiger partial charge is 0.444 e. The molecule has 0 radical (unpaired) electrons. The molecule has 0 atom stereocenters. The average Bonchev–Trinajstić information content (AvgIpc) is 2.55. The fraction of sp³-hybridized carbons (Fsp3) is 0.579. The molecule has 146 valence electrons. The highest BCUT2D eigenvalue weighted by Crippen LogP contribution is 2.12. The fourth-order valence-corrected chi connectivity index (χ4v) is 2.17. The number of amides is 1. The zero-order valence-corrected chi connectivity index (χ0v) is 16.8. The summed E-state index contributed by atoms with van der Waals surface area (Å²) in [5.41, 5.74) is 1.97. The second kappa shape index (κ2) is 10.5. The first-order valence-electron chi connectivity index (χ1n) is 8.89. The Labute approximate surface area is 157 Å². The van der Waals surface area contributed by atoms with E-state index in [-0.39, 0.29) is 0 Å². The van der Waals surface area contributed by atoms with Gasteiger partial charge >= 0.3 is 6.09 Å². The molecule has 1 aromatic rings. The zero-order chi connectivity index (χ0) is 19.6. The average molecular weight is 364 g/mol. The van der Waals surface area contributed by atoms with Crippen LogP contribution < -0.4 is 20.9 Å². The van der Waals surface area contributed by atoms with Crippen LogP contribution in [0.5, 0.6) is 0 Å². The lowest BCUT2D eigenvalue weighted by atomic mass is 10.1. The number of aliphatic imine (C=N–C) groups is 1. The minimum absolute atomic E-state index is 0.414. The van der Waals surface area contributed by atoms with Gasteiger partial charge in [0.2, 0.25) is 0 Å². The van der Waals surface area contributed by atoms with E-state index in [2.05, 4.69) is 50.1 Å². The van der Waals surface area contributed by atoms with E-state index in [9.17, 15) is 4.79 Å². The van der Waals surface area contributed by atoms with Crippen LogP contribution in [0.15, 0.2) is 29.3 Å². The van der Waals surface area contributed by atoms with E-state index in [0.29, 0.717) is 19.0 Å². The van der Waals surface area contributed by atoms with Crippen molar-refractivity contribution in [2.75, 3.05) is 45.7 Å². The van der Waals surface area contributed by atoms with Crippen molar-refractivity contribution in [3.63, 3.8) is 0 Å². The van der Waals surface area contributed by atoms with Gasteiger partial charge in [0.25, 0.3) is 0 Å². The van der Waals surface area contributed by atoms with E-state index in [0.717, 1.165) is 13.0 Å². The Balaban J connectivity index is 2.23. The summed E-state index contributed by atoms with van der Waals surface area (Å²) in [4.78, 5) is 17.8. The van der Waals surface area contributed by atoms with Gasteiger partial charge in [-0.15, -0.1) is 0 Å². The lowest BCUT2D eigenvalue weighted by Gasteiger charge is -2.20. The molecule has 26 heavy (non-hydrogen) atoms. The number of nitrogens with one attached hydrogen (secondary N) is 3. The number of benzene rings is 1. The molecule has 0 aliphatic heterocycles. The molecular formula is C19H33N5O2. The van der Waals surface area contributed by atoms with Crippen molar-refractivity contribution in [2.45, 2.75) is 32.8 Å². The number of alkyl carbamates (subject to hydrolysis) is 1. The van der Waals surface area contributed by atoms with Crippen molar-refractivity contribution in [3.8, 4) is 0 Å². The number of carbonyl (C=O) groups is 1. The van der Waals surface area contributed by atoms with Gasteiger partial charge in [-0.2, -0.15) is 0 Å². The summed E-state index contributed by atoms with van der Waals surface area (Å²) in [5, 5.41) is 9.13. The number of rotatable bonds is 7. The lowest BCUT2D eigenvalue weighted by molar-refractivity contribution is 0.0529. The summed E-state index contributed by atoms with van der Waals surface area (Å²) < 4.78 is 5.18. The number of carbonyl (C=O) groups excluding carboxylic acids is 1. The molecule has 1 rings (SSSR count). The van der Waals surface area contributed by atoms with Crippen LogP contribution in [0.2, 0.25) is 0 Å². The number of anilines is 1. The summed E-state index contributed by atoms with van der Waals surface area (Å²) in [6, 6.07) is 8.51. The Kier molecular flexibility index (Phi) is 8.75. The molecule has 3 N–H and O–H groups in total. The van der Waals surface area contributed by atoms with Gasteiger partial charge in [-0.05, 0) is 44.9 Å². The number of ether oxygens (including phenoxy) is 1. The van der Waals surface area contributed by atoms with Gasteiger partial charge in [-0.3, -0.25) is 4.99 Å². The Morgan fingerprint density at radius 1 is 1.04 bits per heavy atom. The summed E-state index contributed by atoms with van der Waals surface area (Å²) in [7, 11) is 5.79. The molecule has 7 nitrogen and oxygen atoms in total. The molecule has 0 aliphatic rings. The molecule has 0 saturated heterocycles. The summed E-state index contributed by atoms with van der Waals surface area (Å²) in [6.07, 6.45) is 0.494. The minimum atomic E-state index is -0.486.